The molecule has 1 aliphatic heterocycles. The van der Waals surface area contributed by atoms with Gasteiger partial charge in [0.2, 0.25) is 0 Å². The molecular formula is C26H32FN3O3. The summed E-state index contributed by atoms with van der Waals surface area (Å²) in [6.07, 6.45) is 8.06. The Kier molecular flexibility index (Phi) is 8.91. The van der Waals surface area contributed by atoms with Crippen molar-refractivity contribution in [2.24, 2.45) is 4.99 Å². The summed E-state index contributed by atoms with van der Waals surface area (Å²) in [5.41, 5.74) is 1.97. The minimum atomic E-state index is -1.16. The van der Waals surface area contributed by atoms with Crippen LogP contribution >= 0.6 is 0 Å². The van der Waals surface area contributed by atoms with Crippen molar-refractivity contribution >= 4 is 29.2 Å². The average molecular weight is 454 g/mol. The Morgan fingerprint density at radius 1 is 1.33 bits per heavy atom. The predicted molar refractivity (Wildman–Crippen MR) is 131 cm³/mol. The number of amides is 1. The van der Waals surface area contributed by atoms with Crippen molar-refractivity contribution in [3.05, 3.63) is 71.5 Å². The fourth-order valence-corrected chi connectivity index (χ4v) is 3.52. The Balaban J connectivity index is 2.43. The van der Waals surface area contributed by atoms with Gasteiger partial charge in [-0.2, -0.15) is 0 Å². The number of carbonyl (C=O) groups is 2. The van der Waals surface area contributed by atoms with Gasteiger partial charge in [0.15, 0.2) is 0 Å². The van der Waals surface area contributed by atoms with E-state index in [1.54, 1.807) is 36.2 Å². The largest absolute Gasteiger partial charge is 0.478 e. The van der Waals surface area contributed by atoms with E-state index >= 15 is 0 Å². The van der Waals surface area contributed by atoms with Crippen molar-refractivity contribution in [1.29, 1.82) is 0 Å². The minimum absolute atomic E-state index is 0.0846. The molecule has 1 aromatic carbocycles. The van der Waals surface area contributed by atoms with Crippen LogP contribution in [-0.4, -0.2) is 52.6 Å². The van der Waals surface area contributed by atoms with Gasteiger partial charge < -0.3 is 14.9 Å². The first-order chi connectivity index (χ1) is 15.6. The minimum Gasteiger partial charge on any atom is -0.478 e. The first-order valence-corrected chi connectivity index (χ1v) is 11.0. The zero-order chi connectivity index (χ0) is 24.7. The van der Waals surface area contributed by atoms with E-state index in [9.17, 15) is 14.0 Å². The summed E-state index contributed by atoms with van der Waals surface area (Å²) in [6, 6.07) is 4.78. The molecule has 0 aliphatic carbocycles. The Morgan fingerprint density at radius 3 is 2.64 bits per heavy atom. The van der Waals surface area contributed by atoms with E-state index in [0.29, 0.717) is 23.5 Å². The first-order valence-electron chi connectivity index (χ1n) is 11.0. The molecule has 0 radical (unpaired) electrons. The van der Waals surface area contributed by atoms with E-state index in [2.05, 4.69) is 18.5 Å². The number of halogens is 1. The van der Waals surface area contributed by atoms with E-state index in [1.165, 1.54) is 12.1 Å². The Hall–Kier alpha value is -3.48. The molecule has 0 spiro atoms. The van der Waals surface area contributed by atoms with Gasteiger partial charge in [-0.15, -0.1) is 0 Å². The summed E-state index contributed by atoms with van der Waals surface area (Å²) in [4.78, 5) is 32.0. The molecule has 0 bridgehead atoms. The number of rotatable bonds is 9. The maximum Gasteiger partial charge on any atom is 0.328 e. The lowest BCUT2D eigenvalue weighted by Crippen LogP contribution is -2.40. The molecule has 1 heterocycles. The van der Waals surface area contributed by atoms with E-state index in [0.717, 1.165) is 24.6 Å². The van der Waals surface area contributed by atoms with Gasteiger partial charge in [-0.25, -0.2) is 14.2 Å². The molecule has 33 heavy (non-hydrogen) atoms. The second-order valence-corrected chi connectivity index (χ2v) is 8.01. The molecule has 176 valence electrons. The summed E-state index contributed by atoms with van der Waals surface area (Å²) < 4.78 is 15.0. The molecule has 1 aromatic rings. The number of carboxylic acid groups (broad SMARTS) is 1. The third kappa shape index (κ3) is 6.28. The van der Waals surface area contributed by atoms with Crippen LogP contribution < -0.4 is 0 Å². The zero-order valence-electron chi connectivity index (χ0n) is 19.9. The third-order valence-electron chi connectivity index (χ3n) is 5.67. The molecule has 2 rings (SSSR count). The Morgan fingerprint density at radius 2 is 2.03 bits per heavy atom. The average Bonchev–Trinajstić information content (AvgIpc) is 2.78. The molecule has 1 unspecified atom stereocenters. The molecule has 0 saturated heterocycles. The highest BCUT2D eigenvalue weighted by Crippen LogP contribution is 2.27. The number of hydrogen-bond donors (Lipinski definition) is 1. The summed E-state index contributed by atoms with van der Waals surface area (Å²) in [6.45, 7) is 10.1. The highest BCUT2D eigenvalue weighted by atomic mass is 19.1. The highest BCUT2D eigenvalue weighted by Gasteiger charge is 2.25. The lowest BCUT2D eigenvalue weighted by atomic mass is 10.0. The van der Waals surface area contributed by atoms with Crippen molar-refractivity contribution in [3.8, 4) is 0 Å². The van der Waals surface area contributed by atoms with E-state index in [-0.39, 0.29) is 23.1 Å². The van der Waals surface area contributed by atoms with Gasteiger partial charge in [-0.1, -0.05) is 45.0 Å². The van der Waals surface area contributed by atoms with Gasteiger partial charge in [-0.3, -0.25) is 4.79 Å². The zero-order valence-corrected chi connectivity index (χ0v) is 19.9. The van der Waals surface area contributed by atoms with E-state index < -0.39 is 11.8 Å². The van der Waals surface area contributed by atoms with Crippen molar-refractivity contribution in [3.63, 3.8) is 0 Å². The number of benzene rings is 1. The third-order valence-corrected chi connectivity index (χ3v) is 5.67. The molecule has 1 aliphatic rings. The van der Waals surface area contributed by atoms with Crippen LogP contribution in [0.3, 0.4) is 0 Å². The van der Waals surface area contributed by atoms with Crippen LogP contribution in [0.2, 0.25) is 0 Å². The topological polar surface area (TPSA) is 73.2 Å². The van der Waals surface area contributed by atoms with Crippen LogP contribution in [0, 0.1) is 5.82 Å². The normalized spacial score (nSPS) is 15.9. The van der Waals surface area contributed by atoms with Crippen molar-refractivity contribution in [1.82, 2.24) is 9.80 Å². The lowest BCUT2D eigenvalue weighted by molar-refractivity contribution is -0.131. The van der Waals surface area contributed by atoms with Crippen LogP contribution in [-0.2, 0) is 9.59 Å². The highest BCUT2D eigenvalue weighted by molar-refractivity contribution is 6.43. The molecule has 1 atom stereocenters. The van der Waals surface area contributed by atoms with E-state index in [1.807, 2.05) is 25.8 Å². The van der Waals surface area contributed by atoms with Gasteiger partial charge in [0.1, 0.15) is 17.3 Å². The molecule has 0 aromatic heterocycles. The molecular weight excluding hydrogens is 421 g/mol. The first kappa shape index (κ1) is 25.8. The van der Waals surface area contributed by atoms with Crippen molar-refractivity contribution in [2.45, 2.75) is 46.1 Å². The number of aliphatic carboxylic acids is 1. The van der Waals surface area contributed by atoms with Gasteiger partial charge in [0.25, 0.3) is 5.91 Å². The fourth-order valence-electron chi connectivity index (χ4n) is 3.52. The second kappa shape index (κ2) is 11.4. The molecule has 6 nitrogen and oxygen atoms in total. The number of carboxylic acids is 1. The maximum absolute atomic E-state index is 15.0. The summed E-state index contributed by atoms with van der Waals surface area (Å²) >= 11 is 0. The van der Waals surface area contributed by atoms with Crippen LogP contribution in [0.4, 0.5) is 4.39 Å². The van der Waals surface area contributed by atoms with Crippen LogP contribution in [0.5, 0.6) is 0 Å². The van der Waals surface area contributed by atoms with Crippen molar-refractivity contribution in [2.75, 3.05) is 14.1 Å². The van der Waals surface area contributed by atoms with Crippen LogP contribution in [0.25, 0.3) is 11.6 Å². The molecule has 1 N–H and O–H groups in total. The fraction of sp³-hybridized carbons (Fsp3) is 0.346. The Bertz CT molecular complexity index is 1050. The predicted octanol–water partition coefficient (Wildman–Crippen LogP) is 5.11. The van der Waals surface area contributed by atoms with Crippen LogP contribution in [0.1, 0.15) is 51.2 Å². The molecule has 7 heteroatoms. The Labute approximate surface area is 195 Å². The van der Waals surface area contributed by atoms with Gasteiger partial charge in [0.05, 0.1) is 0 Å². The number of hydrogen-bond acceptors (Lipinski definition) is 4. The molecule has 1 amide bonds. The summed E-state index contributed by atoms with van der Waals surface area (Å²) in [5.74, 6) is -1.42. The number of allylic oxidation sites excluding steroid dienone is 3. The SMILES string of the molecule is C=C(/C=C1/N=C(C(=O)N(C)C(C)CCC)C=C(CC)N1C)c1cccc(/C=C/C(=O)O)c1F. The summed E-state index contributed by atoms with van der Waals surface area (Å²) in [5, 5.41) is 8.82. The van der Waals surface area contributed by atoms with Gasteiger partial charge in [-0.05, 0) is 43.6 Å². The second-order valence-electron chi connectivity index (χ2n) is 8.01. The quantitative estimate of drug-likeness (QED) is 0.528. The standard InChI is InChI=1S/C26H32FN3O3/c1-7-10-18(4)29(5)26(33)22-16-20(8-2)30(6)23(28-22)15-17(3)21-12-9-11-19(25(21)27)13-14-24(31)32/h9,11-16,18H,3,7-8,10H2,1-2,4-6H3,(H,31,32)/b14-13+,23-15-. The van der Waals surface area contributed by atoms with E-state index in [4.69, 9.17) is 5.11 Å². The smallest absolute Gasteiger partial charge is 0.328 e. The number of nitrogens with zero attached hydrogens (tertiary/aromatic N) is 3. The number of aliphatic imine (C=N–C) groups is 1. The number of carbonyl (C=O) groups excluding carboxylic acids is 1. The summed E-state index contributed by atoms with van der Waals surface area (Å²) in [7, 11) is 3.61. The van der Waals surface area contributed by atoms with Crippen LogP contribution in [0.15, 0.2) is 59.5 Å². The lowest BCUT2D eigenvalue weighted by Gasteiger charge is -2.30. The van der Waals surface area contributed by atoms with Crippen molar-refractivity contribution < 1.29 is 19.1 Å². The monoisotopic (exact) mass is 453 g/mol. The molecule has 0 fully saturated rings. The van der Waals surface area contributed by atoms with Gasteiger partial charge >= 0.3 is 5.97 Å². The molecule has 0 saturated carbocycles. The van der Waals surface area contributed by atoms with Gasteiger partial charge in [0, 0.05) is 43.0 Å². The maximum atomic E-state index is 15.0.